The molecule has 1 saturated carbocycles. The molecule has 94 valence electrons. The summed E-state index contributed by atoms with van der Waals surface area (Å²) in [5.41, 5.74) is 1.51. The van der Waals surface area contributed by atoms with E-state index in [1.54, 1.807) is 12.4 Å². The van der Waals surface area contributed by atoms with Crippen molar-refractivity contribution in [2.75, 3.05) is 6.54 Å². The van der Waals surface area contributed by atoms with E-state index in [2.05, 4.69) is 20.3 Å². The number of halogens is 1. The molecule has 0 bridgehead atoms. The Morgan fingerprint density at radius 1 is 1.33 bits per heavy atom. The SMILES string of the molecule is Fc1cncc(-c2cnc(CNCC3CC3)[nH]2)c1. The monoisotopic (exact) mass is 246 g/mol. The third kappa shape index (κ3) is 2.73. The number of aromatic nitrogens is 3. The van der Waals surface area contributed by atoms with Crippen molar-refractivity contribution in [1.82, 2.24) is 20.3 Å². The van der Waals surface area contributed by atoms with Gasteiger partial charge in [-0.2, -0.15) is 0 Å². The Morgan fingerprint density at radius 3 is 3.00 bits per heavy atom. The minimum atomic E-state index is -0.337. The van der Waals surface area contributed by atoms with Crippen LogP contribution in [0.3, 0.4) is 0 Å². The first-order chi connectivity index (χ1) is 8.81. The highest BCUT2D eigenvalue weighted by Crippen LogP contribution is 2.27. The lowest BCUT2D eigenvalue weighted by Gasteiger charge is -2.00. The number of H-pyrrole nitrogens is 1. The summed E-state index contributed by atoms with van der Waals surface area (Å²) in [6.07, 6.45) is 7.21. The third-order valence-electron chi connectivity index (χ3n) is 3.07. The first-order valence-electron chi connectivity index (χ1n) is 6.17. The topological polar surface area (TPSA) is 53.6 Å². The minimum Gasteiger partial charge on any atom is -0.341 e. The lowest BCUT2D eigenvalue weighted by molar-refractivity contribution is 0.621. The van der Waals surface area contributed by atoms with E-state index in [0.717, 1.165) is 36.1 Å². The Bertz CT molecular complexity index is 533. The fourth-order valence-corrected chi connectivity index (χ4v) is 1.87. The van der Waals surface area contributed by atoms with Crippen molar-refractivity contribution in [3.63, 3.8) is 0 Å². The average Bonchev–Trinajstić information content (AvgIpc) is 3.06. The molecule has 3 rings (SSSR count). The first-order valence-corrected chi connectivity index (χ1v) is 6.17. The van der Waals surface area contributed by atoms with Crippen molar-refractivity contribution in [1.29, 1.82) is 0 Å². The second-order valence-electron chi connectivity index (χ2n) is 4.71. The van der Waals surface area contributed by atoms with Crippen LogP contribution in [-0.2, 0) is 6.54 Å². The smallest absolute Gasteiger partial charge is 0.142 e. The second-order valence-corrected chi connectivity index (χ2v) is 4.71. The zero-order valence-corrected chi connectivity index (χ0v) is 9.99. The predicted octanol–water partition coefficient (Wildman–Crippen LogP) is 2.11. The molecule has 0 amide bonds. The predicted molar refractivity (Wildman–Crippen MR) is 66.2 cm³/mol. The van der Waals surface area contributed by atoms with Crippen LogP contribution in [0.25, 0.3) is 11.3 Å². The van der Waals surface area contributed by atoms with Gasteiger partial charge in [-0.1, -0.05) is 0 Å². The molecule has 2 N–H and O–H groups in total. The second kappa shape index (κ2) is 4.86. The maximum absolute atomic E-state index is 13.0. The largest absolute Gasteiger partial charge is 0.341 e. The molecule has 4 nitrogen and oxygen atoms in total. The van der Waals surface area contributed by atoms with Crippen LogP contribution in [0.4, 0.5) is 4.39 Å². The lowest BCUT2D eigenvalue weighted by atomic mass is 10.2. The normalized spacial score (nSPS) is 14.9. The molecular formula is C13H15FN4. The van der Waals surface area contributed by atoms with Crippen molar-refractivity contribution >= 4 is 0 Å². The number of nitrogens with one attached hydrogen (secondary N) is 2. The summed E-state index contributed by atoms with van der Waals surface area (Å²) >= 11 is 0. The van der Waals surface area contributed by atoms with Crippen molar-refractivity contribution in [2.24, 2.45) is 5.92 Å². The summed E-state index contributed by atoms with van der Waals surface area (Å²) in [6.45, 7) is 1.77. The van der Waals surface area contributed by atoms with Gasteiger partial charge in [0.25, 0.3) is 0 Å². The molecule has 0 radical (unpaired) electrons. The minimum absolute atomic E-state index is 0.337. The molecule has 1 fully saturated rings. The van der Waals surface area contributed by atoms with Crippen molar-refractivity contribution in [3.05, 3.63) is 36.3 Å². The number of hydrogen-bond acceptors (Lipinski definition) is 3. The molecule has 2 heterocycles. The van der Waals surface area contributed by atoms with Gasteiger partial charge in [0.15, 0.2) is 0 Å². The van der Waals surface area contributed by atoms with Crippen LogP contribution in [0.15, 0.2) is 24.7 Å². The van der Waals surface area contributed by atoms with Gasteiger partial charge in [0.1, 0.15) is 11.6 Å². The molecule has 0 aliphatic heterocycles. The Hall–Kier alpha value is -1.75. The first kappa shape index (κ1) is 11.3. The van der Waals surface area contributed by atoms with Crippen LogP contribution in [0.5, 0.6) is 0 Å². The van der Waals surface area contributed by atoms with Crippen LogP contribution in [0.2, 0.25) is 0 Å². The molecule has 0 unspecified atom stereocenters. The zero-order valence-electron chi connectivity index (χ0n) is 9.99. The fraction of sp³-hybridized carbons (Fsp3) is 0.385. The maximum Gasteiger partial charge on any atom is 0.142 e. The number of aromatic amines is 1. The molecule has 0 spiro atoms. The highest BCUT2D eigenvalue weighted by atomic mass is 19.1. The molecular weight excluding hydrogens is 231 g/mol. The van der Waals surface area contributed by atoms with Gasteiger partial charge in [-0.3, -0.25) is 4.98 Å². The van der Waals surface area contributed by atoms with Gasteiger partial charge in [0.2, 0.25) is 0 Å². The van der Waals surface area contributed by atoms with E-state index in [0.29, 0.717) is 0 Å². The van der Waals surface area contributed by atoms with Crippen molar-refractivity contribution in [3.8, 4) is 11.3 Å². The summed E-state index contributed by atoms with van der Waals surface area (Å²) in [6, 6.07) is 1.45. The Morgan fingerprint density at radius 2 is 2.22 bits per heavy atom. The number of imidazole rings is 1. The van der Waals surface area contributed by atoms with E-state index in [-0.39, 0.29) is 5.82 Å². The Labute approximate surface area is 105 Å². The Kier molecular flexibility index (Phi) is 3.06. The van der Waals surface area contributed by atoms with Crippen LogP contribution in [-0.4, -0.2) is 21.5 Å². The van der Waals surface area contributed by atoms with E-state index in [1.807, 2.05) is 0 Å². The number of nitrogens with zero attached hydrogens (tertiary/aromatic N) is 2. The molecule has 1 aliphatic carbocycles. The highest BCUT2D eigenvalue weighted by molar-refractivity contribution is 5.56. The molecule has 0 saturated heterocycles. The standard InChI is InChI=1S/C13H15FN4/c14-11-3-10(5-16-6-11)12-7-17-13(18-12)8-15-4-9-1-2-9/h3,5-7,9,15H,1-2,4,8H2,(H,17,18). The van der Waals surface area contributed by atoms with Crippen LogP contribution in [0.1, 0.15) is 18.7 Å². The van der Waals surface area contributed by atoms with Gasteiger partial charge in [-0.25, -0.2) is 9.37 Å². The zero-order chi connectivity index (χ0) is 12.4. The fourth-order valence-electron chi connectivity index (χ4n) is 1.87. The molecule has 5 heteroatoms. The molecule has 0 atom stereocenters. The van der Waals surface area contributed by atoms with Crippen molar-refractivity contribution in [2.45, 2.75) is 19.4 Å². The van der Waals surface area contributed by atoms with Gasteiger partial charge in [0, 0.05) is 11.8 Å². The molecule has 2 aromatic rings. The van der Waals surface area contributed by atoms with E-state index < -0.39 is 0 Å². The van der Waals surface area contributed by atoms with Gasteiger partial charge in [-0.05, 0) is 31.4 Å². The van der Waals surface area contributed by atoms with Crippen LogP contribution < -0.4 is 5.32 Å². The number of rotatable bonds is 5. The quantitative estimate of drug-likeness (QED) is 0.849. The van der Waals surface area contributed by atoms with Crippen LogP contribution in [0, 0.1) is 11.7 Å². The van der Waals surface area contributed by atoms with Gasteiger partial charge in [-0.15, -0.1) is 0 Å². The van der Waals surface area contributed by atoms with E-state index >= 15 is 0 Å². The van der Waals surface area contributed by atoms with E-state index in [4.69, 9.17) is 0 Å². The number of pyridine rings is 1. The van der Waals surface area contributed by atoms with Crippen molar-refractivity contribution < 1.29 is 4.39 Å². The molecule has 1 aliphatic rings. The molecule has 18 heavy (non-hydrogen) atoms. The van der Waals surface area contributed by atoms with E-state index in [1.165, 1.54) is 25.1 Å². The maximum atomic E-state index is 13.0. The summed E-state index contributed by atoms with van der Waals surface area (Å²) in [5.74, 6) is 1.39. The number of hydrogen-bond donors (Lipinski definition) is 2. The summed E-state index contributed by atoms with van der Waals surface area (Å²) in [7, 11) is 0. The summed E-state index contributed by atoms with van der Waals surface area (Å²) < 4.78 is 13.0. The Balaban J connectivity index is 1.64. The molecule has 0 aromatic carbocycles. The average molecular weight is 246 g/mol. The van der Waals surface area contributed by atoms with Gasteiger partial charge in [0.05, 0.1) is 24.6 Å². The summed E-state index contributed by atoms with van der Waals surface area (Å²) in [5, 5.41) is 3.36. The molecule has 2 aromatic heterocycles. The summed E-state index contributed by atoms with van der Waals surface area (Å²) in [4.78, 5) is 11.3. The van der Waals surface area contributed by atoms with Gasteiger partial charge < -0.3 is 10.3 Å². The lowest BCUT2D eigenvalue weighted by Crippen LogP contribution is -2.16. The van der Waals surface area contributed by atoms with E-state index in [9.17, 15) is 4.39 Å². The van der Waals surface area contributed by atoms with Crippen LogP contribution >= 0.6 is 0 Å². The van der Waals surface area contributed by atoms with Gasteiger partial charge >= 0.3 is 0 Å². The third-order valence-corrected chi connectivity index (χ3v) is 3.07. The highest BCUT2D eigenvalue weighted by Gasteiger charge is 2.20.